The molecular formula is C15H23NO2. The van der Waals surface area contributed by atoms with Crippen LogP contribution in [0.15, 0.2) is 18.2 Å². The maximum atomic E-state index is 9.58. The molecule has 0 aromatic heterocycles. The van der Waals surface area contributed by atoms with Gasteiger partial charge in [0.2, 0.25) is 0 Å². The molecule has 1 unspecified atom stereocenters. The zero-order valence-corrected chi connectivity index (χ0v) is 11.4. The maximum absolute atomic E-state index is 9.58. The summed E-state index contributed by atoms with van der Waals surface area (Å²) in [7, 11) is 0. The summed E-state index contributed by atoms with van der Waals surface area (Å²) in [4.78, 5) is 0. The van der Waals surface area contributed by atoms with E-state index in [1.165, 1.54) is 11.1 Å². The lowest BCUT2D eigenvalue weighted by Gasteiger charge is -2.45. The van der Waals surface area contributed by atoms with Crippen LogP contribution in [0, 0.1) is 12.3 Å². The fourth-order valence-corrected chi connectivity index (χ4v) is 2.42. The minimum Gasteiger partial charge on any atom is -0.396 e. The quantitative estimate of drug-likeness (QED) is 0.859. The van der Waals surface area contributed by atoms with Gasteiger partial charge in [-0.25, -0.2) is 0 Å². The van der Waals surface area contributed by atoms with Crippen molar-refractivity contribution in [3.05, 3.63) is 34.9 Å². The van der Waals surface area contributed by atoms with Crippen molar-refractivity contribution in [2.24, 2.45) is 11.1 Å². The number of hydrogen-bond donors (Lipinski definition) is 2. The third kappa shape index (κ3) is 2.18. The molecule has 1 heterocycles. The molecule has 0 spiro atoms. The molecule has 2 rings (SSSR count). The van der Waals surface area contributed by atoms with E-state index in [2.05, 4.69) is 39.0 Å². The molecule has 1 saturated heterocycles. The standard InChI is InChI=1S/C15H23NO2/c1-10(2)12-5-4-11(3)13(6-12)14(16)15(7-17)8-18-9-15/h4-6,10,14,17H,7-9,16H2,1-3H3. The Bertz CT molecular complexity index is 419. The molecule has 3 heteroatoms. The Hall–Kier alpha value is -0.900. The maximum Gasteiger partial charge on any atom is 0.0594 e. The molecule has 0 bridgehead atoms. The minimum atomic E-state index is -0.291. The molecule has 1 aromatic rings. The van der Waals surface area contributed by atoms with E-state index in [1.807, 2.05) is 0 Å². The fraction of sp³-hybridized carbons (Fsp3) is 0.600. The van der Waals surface area contributed by atoms with E-state index in [-0.39, 0.29) is 18.1 Å². The molecule has 3 nitrogen and oxygen atoms in total. The molecule has 1 atom stereocenters. The SMILES string of the molecule is Cc1ccc(C(C)C)cc1C(N)C1(CO)COC1. The van der Waals surface area contributed by atoms with Gasteiger partial charge in [-0.15, -0.1) is 0 Å². The van der Waals surface area contributed by atoms with Gasteiger partial charge in [0.05, 0.1) is 25.2 Å². The van der Waals surface area contributed by atoms with Crippen LogP contribution in [0.25, 0.3) is 0 Å². The van der Waals surface area contributed by atoms with Gasteiger partial charge in [-0.1, -0.05) is 32.0 Å². The molecule has 0 radical (unpaired) electrons. The van der Waals surface area contributed by atoms with Crippen molar-refractivity contribution in [1.29, 1.82) is 0 Å². The van der Waals surface area contributed by atoms with Crippen molar-refractivity contribution in [2.75, 3.05) is 19.8 Å². The van der Waals surface area contributed by atoms with Crippen LogP contribution in [0.1, 0.15) is 42.5 Å². The summed E-state index contributed by atoms with van der Waals surface area (Å²) in [6.45, 7) is 7.61. The van der Waals surface area contributed by atoms with E-state index < -0.39 is 0 Å². The summed E-state index contributed by atoms with van der Waals surface area (Å²) in [6.07, 6.45) is 0. The third-order valence-corrected chi connectivity index (χ3v) is 4.06. The number of hydrogen-bond acceptors (Lipinski definition) is 3. The first kappa shape index (κ1) is 13.5. The van der Waals surface area contributed by atoms with Gasteiger partial charge in [0, 0.05) is 6.04 Å². The number of rotatable bonds is 4. The predicted molar refractivity (Wildman–Crippen MR) is 72.5 cm³/mol. The van der Waals surface area contributed by atoms with Gasteiger partial charge in [-0.2, -0.15) is 0 Å². The largest absolute Gasteiger partial charge is 0.396 e. The molecule has 0 amide bonds. The summed E-state index contributed by atoms with van der Waals surface area (Å²) in [5, 5.41) is 9.58. The summed E-state index contributed by atoms with van der Waals surface area (Å²) in [6, 6.07) is 6.30. The zero-order valence-electron chi connectivity index (χ0n) is 11.4. The Kier molecular flexibility index (Phi) is 3.76. The average Bonchev–Trinajstić information content (AvgIpc) is 2.28. The molecular weight excluding hydrogens is 226 g/mol. The van der Waals surface area contributed by atoms with Gasteiger partial charge in [0.25, 0.3) is 0 Å². The predicted octanol–water partition coefficient (Wildman–Crippen LogP) is 2.13. The van der Waals surface area contributed by atoms with Crippen molar-refractivity contribution in [3.8, 4) is 0 Å². The van der Waals surface area contributed by atoms with Crippen LogP contribution >= 0.6 is 0 Å². The van der Waals surface area contributed by atoms with Crippen molar-refractivity contribution in [3.63, 3.8) is 0 Å². The van der Waals surface area contributed by atoms with E-state index in [4.69, 9.17) is 10.5 Å². The molecule has 1 aliphatic rings. The first-order valence-electron chi connectivity index (χ1n) is 6.55. The Labute approximate surface area is 109 Å². The highest BCUT2D eigenvalue weighted by molar-refractivity contribution is 5.36. The second-order valence-electron chi connectivity index (χ2n) is 5.76. The van der Waals surface area contributed by atoms with Crippen molar-refractivity contribution >= 4 is 0 Å². The highest BCUT2D eigenvalue weighted by Gasteiger charge is 2.44. The number of aliphatic hydroxyl groups excluding tert-OH is 1. The van der Waals surface area contributed by atoms with Gasteiger partial charge in [-0.3, -0.25) is 0 Å². The zero-order chi connectivity index (χ0) is 13.3. The van der Waals surface area contributed by atoms with Crippen LogP contribution < -0.4 is 5.73 Å². The molecule has 0 saturated carbocycles. The topological polar surface area (TPSA) is 55.5 Å². The summed E-state index contributed by atoms with van der Waals surface area (Å²) >= 11 is 0. The van der Waals surface area contributed by atoms with Gasteiger partial charge in [-0.05, 0) is 29.5 Å². The molecule has 0 aliphatic carbocycles. The van der Waals surface area contributed by atoms with E-state index in [1.54, 1.807) is 0 Å². The average molecular weight is 249 g/mol. The first-order chi connectivity index (χ1) is 8.50. The number of aryl methyl sites for hydroxylation is 1. The van der Waals surface area contributed by atoms with Crippen LogP contribution in [-0.2, 0) is 4.74 Å². The number of benzene rings is 1. The van der Waals surface area contributed by atoms with Gasteiger partial charge in [0.15, 0.2) is 0 Å². The van der Waals surface area contributed by atoms with Crippen LogP contribution in [-0.4, -0.2) is 24.9 Å². The molecule has 100 valence electrons. The highest BCUT2D eigenvalue weighted by Crippen LogP contribution is 2.40. The smallest absolute Gasteiger partial charge is 0.0594 e. The summed E-state index contributed by atoms with van der Waals surface area (Å²) in [5.41, 5.74) is 9.70. The monoisotopic (exact) mass is 249 g/mol. The molecule has 1 aliphatic heterocycles. The summed E-state index contributed by atoms with van der Waals surface area (Å²) in [5.74, 6) is 0.485. The lowest BCUT2D eigenvalue weighted by atomic mass is 9.75. The van der Waals surface area contributed by atoms with E-state index in [0.29, 0.717) is 19.1 Å². The van der Waals surface area contributed by atoms with Crippen LogP contribution in [0.2, 0.25) is 0 Å². The summed E-state index contributed by atoms with van der Waals surface area (Å²) < 4.78 is 5.25. The fourth-order valence-electron chi connectivity index (χ4n) is 2.42. The van der Waals surface area contributed by atoms with Crippen molar-refractivity contribution in [1.82, 2.24) is 0 Å². The Balaban J connectivity index is 2.34. The second kappa shape index (κ2) is 5.00. The van der Waals surface area contributed by atoms with E-state index in [0.717, 1.165) is 5.56 Å². The first-order valence-corrected chi connectivity index (χ1v) is 6.55. The van der Waals surface area contributed by atoms with Gasteiger partial charge >= 0.3 is 0 Å². The number of aliphatic hydroxyl groups is 1. The van der Waals surface area contributed by atoms with Gasteiger partial charge < -0.3 is 15.6 Å². The minimum absolute atomic E-state index is 0.0829. The Morgan fingerprint density at radius 2 is 2.06 bits per heavy atom. The normalized spacial score (nSPS) is 19.7. The van der Waals surface area contributed by atoms with Crippen LogP contribution in [0.4, 0.5) is 0 Å². The number of ether oxygens (including phenoxy) is 1. The van der Waals surface area contributed by atoms with Crippen LogP contribution in [0.3, 0.4) is 0 Å². The lowest BCUT2D eigenvalue weighted by molar-refractivity contribution is -0.150. The van der Waals surface area contributed by atoms with Crippen molar-refractivity contribution in [2.45, 2.75) is 32.7 Å². The van der Waals surface area contributed by atoms with Gasteiger partial charge in [0.1, 0.15) is 0 Å². The Morgan fingerprint density at radius 1 is 1.39 bits per heavy atom. The third-order valence-electron chi connectivity index (χ3n) is 4.06. The molecule has 3 N–H and O–H groups in total. The van der Waals surface area contributed by atoms with E-state index >= 15 is 0 Å². The van der Waals surface area contributed by atoms with E-state index in [9.17, 15) is 5.11 Å². The van der Waals surface area contributed by atoms with Crippen molar-refractivity contribution < 1.29 is 9.84 Å². The Morgan fingerprint density at radius 3 is 2.50 bits per heavy atom. The molecule has 18 heavy (non-hydrogen) atoms. The van der Waals surface area contributed by atoms with Crippen LogP contribution in [0.5, 0.6) is 0 Å². The molecule has 1 aromatic carbocycles. The lowest BCUT2D eigenvalue weighted by Crippen LogP contribution is -2.53. The second-order valence-corrected chi connectivity index (χ2v) is 5.76. The number of nitrogens with two attached hydrogens (primary N) is 1. The highest BCUT2D eigenvalue weighted by atomic mass is 16.5. The molecule has 1 fully saturated rings.